The van der Waals surface area contributed by atoms with Crippen LogP contribution in [0.2, 0.25) is 0 Å². The van der Waals surface area contributed by atoms with Crippen LogP contribution in [0.15, 0.2) is 67.0 Å². The highest BCUT2D eigenvalue weighted by molar-refractivity contribution is 5.94. The van der Waals surface area contributed by atoms with Gasteiger partial charge in [0.05, 0.1) is 19.1 Å². The molecule has 2 aromatic carbocycles. The molecule has 0 N–H and O–H groups in total. The minimum Gasteiger partial charge on any atom is -0.464 e. The van der Waals surface area contributed by atoms with E-state index in [0.717, 1.165) is 16.8 Å². The summed E-state index contributed by atoms with van der Waals surface area (Å²) in [5, 5.41) is 0. The van der Waals surface area contributed by atoms with Gasteiger partial charge in [-0.15, -0.1) is 0 Å². The SMILES string of the molecule is COC(=O)c1ncn(Cc2ccccc2)c1-c1ccccc1. The molecular weight excluding hydrogens is 276 g/mol. The number of carbonyl (C=O) groups excluding carboxylic acids is 1. The van der Waals surface area contributed by atoms with E-state index in [0.29, 0.717) is 12.2 Å². The molecule has 0 bridgehead atoms. The fraction of sp³-hybridized carbons (Fsp3) is 0.111. The number of hydrogen-bond donors (Lipinski definition) is 0. The van der Waals surface area contributed by atoms with Crippen molar-refractivity contribution in [3.63, 3.8) is 0 Å². The van der Waals surface area contributed by atoms with Crippen molar-refractivity contribution in [2.24, 2.45) is 0 Å². The lowest BCUT2D eigenvalue weighted by molar-refractivity contribution is 0.0595. The molecule has 1 aromatic heterocycles. The predicted molar refractivity (Wildman–Crippen MR) is 84.5 cm³/mol. The molecule has 1 heterocycles. The molecule has 4 nitrogen and oxygen atoms in total. The van der Waals surface area contributed by atoms with Crippen LogP contribution in [-0.2, 0) is 11.3 Å². The lowest BCUT2D eigenvalue weighted by Crippen LogP contribution is -2.06. The normalized spacial score (nSPS) is 10.4. The average molecular weight is 292 g/mol. The zero-order valence-corrected chi connectivity index (χ0v) is 12.3. The second-order valence-corrected chi connectivity index (χ2v) is 4.91. The minimum atomic E-state index is -0.425. The molecule has 110 valence electrons. The largest absolute Gasteiger partial charge is 0.464 e. The summed E-state index contributed by atoms with van der Waals surface area (Å²) >= 11 is 0. The maximum absolute atomic E-state index is 12.0. The van der Waals surface area contributed by atoms with Crippen molar-refractivity contribution in [1.82, 2.24) is 9.55 Å². The van der Waals surface area contributed by atoms with Crippen molar-refractivity contribution in [1.29, 1.82) is 0 Å². The second-order valence-electron chi connectivity index (χ2n) is 4.91. The summed E-state index contributed by atoms with van der Waals surface area (Å²) in [7, 11) is 1.37. The van der Waals surface area contributed by atoms with E-state index in [-0.39, 0.29) is 0 Å². The van der Waals surface area contributed by atoms with Gasteiger partial charge in [-0.25, -0.2) is 9.78 Å². The molecule has 0 aliphatic rings. The number of hydrogen-bond acceptors (Lipinski definition) is 3. The zero-order valence-electron chi connectivity index (χ0n) is 12.3. The molecule has 0 atom stereocenters. The number of benzene rings is 2. The van der Waals surface area contributed by atoms with Crippen LogP contribution >= 0.6 is 0 Å². The van der Waals surface area contributed by atoms with Crippen molar-refractivity contribution < 1.29 is 9.53 Å². The maximum atomic E-state index is 12.0. The number of ether oxygens (including phenoxy) is 1. The maximum Gasteiger partial charge on any atom is 0.358 e. The summed E-state index contributed by atoms with van der Waals surface area (Å²) in [6, 6.07) is 19.8. The highest BCUT2D eigenvalue weighted by atomic mass is 16.5. The van der Waals surface area contributed by atoms with Crippen LogP contribution in [0, 0.1) is 0 Å². The number of aromatic nitrogens is 2. The summed E-state index contributed by atoms with van der Waals surface area (Å²) in [5.74, 6) is -0.425. The molecule has 0 unspecified atom stereocenters. The Balaban J connectivity index is 2.07. The minimum absolute atomic E-state index is 0.338. The first-order valence-electron chi connectivity index (χ1n) is 7.02. The molecule has 0 saturated carbocycles. The molecule has 0 spiro atoms. The van der Waals surface area contributed by atoms with Gasteiger partial charge < -0.3 is 9.30 Å². The van der Waals surface area contributed by atoms with Gasteiger partial charge in [-0.2, -0.15) is 0 Å². The lowest BCUT2D eigenvalue weighted by Gasteiger charge is -2.10. The second kappa shape index (κ2) is 6.26. The van der Waals surface area contributed by atoms with Crippen molar-refractivity contribution in [3.8, 4) is 11.3 Å². The first-order chi connectivity index (χ1) is 10.8. The van der Waals surface area contributed by atoms with Crippen LogP contribution in [0.5, 0.6) is 0 Å². The monoisotopic (exact) mass is 292 g/mol. The Bertz CT molecular complexity index is 764. The van der Waals surface area contributed by atoms with E-state index in [9.17, 15) is 4.79 Å². The van der Waals surface area contributed by atoms with Gasteiger partial charge >= 0.3 is 5.97 Å². The fourth-order valence-electron chi connectivity index (χ4n) is 2.43. The quantitative estimate of drug-likeness (QED) is 0.692. The van der Waals surface area contributed by atoms with Gasteiger partial charge in [-0.1, -0.05) is 60.7 Å². The Hall–Kier alpha value is -2.88. The zero-order chi connectivity index (χ0) is 15.4. The summed E-state index contributed by atoms with van der Waals surface area (Å²) in [5.41, 5.74) is 3.20. The topological polar surface area (TPSA) is 44.1 Å². The molecule has 4 heteroatoms. The van der Waals surface area contributed by atoms with E-state index < -0.39 is 5.97 Å². The average Bonchev–Trinajstić information content (AvgIpc) is 2.99. The van der Waals surface area contributed by atoms with Crippen LogP contribution in [0.4, 0.5) is 0 Å². The Labute approximate surface area is 129 Å². The molecule has 0 aliphatic carbocycles. The van der Waals surface area contributed by atoms with Gasteiger partial charge in [-0.05, 0) is 5.56 Å². The summed E-state index contributed by atoms with van der Waals surface area (Å²) < 4.78 is 6.82. The predicted octanol–water partition coefficient (Wildman–Crippen LogP) is 3.39. The fourth-order valence-corrected chi connectivity index (χ4v) is 2.43. The third-order valence-corrected chi connectivity index (χ3v) is 3.46. The summed E-state index contributed by atoms with van der Waals surface area (Å²) in [4.78, 5) is 16.2. The number of nitrogens with zero attached hydrogens (tertiary/aromatic N) is 2. The number of esters is 1. The van der Waals surface area contributed by atoms with E-state index in [2.05, 4.69) is 4.98 Å². The van der Waals surface area contributed by atoms with Gasteiger partial charge in [0.15, 0.2) is 5.69 Å². The first kappa shape index (κ1) is 14.1. The molecule has 0 saturated heterocycles. The first-order valence-corrected chi connectivity index (χ1v) is 7.02. The van der Waals surface area contributed by atoms with Gasteiger partial charge in [0.2, 0.25) is 0 Å². The number of rotatable bonds is 4. The van der Waals surface area contributed by atoms with Gasteiger partial charge in [0, 0.05) is 12.1 Å². The van der Waals surface area contributed by atoms with Gasteiger partial charge in [-0.3, -0.25) is 0 Å². The van der Waals surface area contributed by atoms with E-state index in [1.807, 2.05) is 65.2 Å². The molecule has 0 aliphatic heterocycles. The molecule has 0 fully saturated rings. The van der Waals surface area contributed by atoms with Gasteiger partial charge in [0.25, 0.3) is 0 Å². The molecule has 3 aromatic rings. The Morgan fingerprint density at radius 1 is 1.05 bits per heavy atom. The molecule has 22 heavy (non-hydrogen) atoms. The van der Waals surface area contributed by atoms with Crippen molar-refractivity contribution in [2.45, 2.75) is 6.54 Å². The van der Waals surface area contributed by atoms with Crippen molar-refractivity contribution in [2.75, 3.05) is 7.11 Å². The standard InChI is InChI=1S/C18H16N2O2/c1-22-18(21)16-17(15-10-6-3-7-11-15)20(13-19-16)12-14-8-4-2-5-9-14/h2-11,13H,12H2,1H3. The van der Waals surface area contributed by atoms with Crippen LogP contribution < -0.4 is 0 Å². The Morgan fingerprint density at radius 3 is 2.32 bits per heavy atom. The van der Waals surface area contributed by atoms with E-state index in [1.54, 1.807) is 6.33 Å². The number of methoxy groups -OCH3 is 1. The Morgan fingerprint density at radius 2 is 1.68 bits per heavy atom. The lowest BCUT2D eigenvalue weighted by atomic mass is 10.1. The molecule has 0 amide bonds. The van der Waals surface area contributed by atoms with Crippen LogP contribution in [-0.4, -0.2) is 22.6 Å². The van der Waals surface area contributed by atoms with Crippen LogP contribution in [0.25, 0.3) is 11.3 Å². The summed E-state index contributed by atoms with van der Waals surface area (Å²) in [6.07, 6.45) is 1.68. The highest BCUT2D eigenvalue weighted by Crippen LogP contribution is 2.24. The number of imidazole rings is 1. The van der Waals surface area contributed by atoms with E-state index in [4.69, 9.17) is 4.74 Å². The Kier molecular flexibility index (Phi) is 4.01. The number of carbonyl (C=O) groups is 1. The molecule has 3 rings (SSSR count). The molecular formula is C18H16N2O2. The van der Waals surface area contributed by atoms with E-state index >= 15 is 0 Å². The third kappa shape index (κ3) is 2.76. The smallest absolute Gasteiger partial charge is 0.358 e. The summed E-state index contributed by atoms with van der Waals surface area (Å²) in [6.45, 7) is 0.648. The van der Waals surface area contributed by atoms with Crippen molar-refractivity contribution in [3.05, 3.63) is 78.2 Å². The van der Waals surface area contributed by atoms with Crippen molar-refractivity contribution >= 4 is 5.97 Å². The molecule has 0 radical (unpaired) electrons. The van der Waals surface area contributed by atoms with Crippen LogP contribution in [0.1, 0.15) is 16.1 Å². The van der Waals surface area contributed by atoms with E-state index in [1.165, 1.54) is 7.11 Å². The third-order valence-electron chi connectivity index (χ3n) is 3.46. The van der Waals surface area contributed by atoms with Crippen LogP contribution in [0.3, 0.4) is 0 Å². The van der Waals surface area contributed by atoms with Gasteiger partial charge in [0.1, 0.15) is 0 Å². The highest BCUT2D eigenvalue weighted by Gasteiger charge is 2.19.